The van der Waals surface area contributed by atoms with Gasteiger partial charge >= 0.3 is 0 Å². The van der Waals surface area contributed by atoms with Gasteiger partial charge in [-0.2, -0.15) is 0 Å². The van der Waals surface area contributed by atoms with Crippen LogP contribution >= 0.6 is 35.4 Å². The molecule has 33 heavy (non-hydrogen) atoms. The van der Waals surface area contributed by atoms with Gasteiger partial charge in [0.1, 0.15) is 11.6 Å². The van der Waals surface area contributed by atoms with Crippen molar-refractivity contribution in [3.8, 4) is 5.75 Å². The minimum Gasteiger partial charge on any atom is -0.483 e. The summed E-state index contributed by atoms with van der Waals surface area (Å²) in [6.45, 7) is 6.96. The van der Waals surface area contributed by atoms with Crippen LogP contribution in [0.15, 0.2) is 47.2 Å². The zero-order valence-electron chi connectivity index (χ0n) is 18.8. The average molecular weight is 505 g/mol. The van der Waals surface area contributed by atoms with Gasteiger partial charge in [-0.25, -0.2) is 0 Å². The molecule has 1 aliphatic carbocycles. The summed E-state index contributed by atoms with van der Waals surface area (Å²) in [5, 5.41) is 3.84. The van der Waals surface area contributed by atoms with E-state index in [0.29, 0.717) is 26.4 Å². The second kappa shape index (κ2) is 9.61. The number of nitrogens with zero attached hydrogens (tertiary/aromatic N) is 1. The first-order chi connectivity index (χ1) is 15.7. The molecular weight excluding hydrogens is 479 g/mol. The number of ether oxygens (including phenoxy) is 1. The number of thiocarbonyl (C=S) groups is 1. The van der Waals surface area contributed by atoms with E-state index in [1.807, 2.05) is 32.1 Å². The summed E-state index contributed by atoms with van der Waals surface area (Å²) in [6.07, 6.45) is 6.92. The molecule has 0 aromatic heterocycles. The summed E-state index contributed by atoms with van der Waals surface area (Å²) in [5.41, 5.74) is 3.13. The summed E-state index contributed by atoms with van der Waals surface area (Å²) in [7, 11) is 0. The van der Waals surface area contributed by atoms with Gasteiger partial charge in [-0.05, 0) is 41.7 Å². The molecule has 1 fully saturated rings. The molecule has 174 valence electrons. The normalized spacial score (nSPS) is 21.5. The highest BCUT2D eigenvalue weighted by atomic mass is 35.5. The van der Waals surface area contributed by atoms with Crippen LogP contribution in [-0.4, -0.2) is 40.8 Å². The Bertz CT molecular complexity index is 1100. The molecule has 2 atom stereocenters. The summed E-state index contributed by atoms with van der Waals surface area (Å²) in [5.74, 6) is 0.162. The Morgan fingerprint density at radius 1 is 1.27 bits per heavy atom. The van der Waals surface area contributed by atoms with Gasteiger partial charge in [0.05, 0.1) is 16.1 Å². The third-order valence-electron chi connectivity index (χ3n) is 6.10. The molecule has 0 saturated carbocycles. The van der Waals surface area contributed by atoms with Crippen molar-refractivity contribution in [3.05, 3.63) is 62.8 Å². The molecule has 2 aliphatic heterocycles. The Balaban J connectivity index is 1.65. The van der Waals surface area contributed by atoms with Crippen molar-refractivity contribution in [1.82, 2.24) is 10.2 Å². The number of hydrogen-bond acceptors (Lipinski definition) is 4. The molecule has 3 aliphatic rings. The van der Waals surface area contributed by atoms with E-state index < -0.39 is 6.04 Å². The van der Waals surface area contributed by atoms with Gasteiger partial charge in [-0.15, -0.1) is 0 Å². The number of halogens is 2. The number of allylic oxidation sites excluding steroid dienone is 4. The number of hydrogen-bond donors (Lipinski definition) is 1. The van der Waals surface area contributed by atoms with Crippen LogP contribution in [0.5, 0.6) is 5.75 Å². The fraction of sp³-hybridized carbons (Fsp3) is 0.400. The number of ketones is 1. The van der Waals surface area contributed by atoms with Crippen LogP contribution in [0, 0.1) is 5.92 Å². The number of Topliss-reactive ketones (excluding diaryl/α,β-unsaturated/α-hetero) is 1. The summed E-state index contributed by atoms with van der Waals surface area (Å²) >= 11 is 18.4. The van der Waals surface area contributed by atoms with E-state index in [4.69, 9.17) is 40.2 Å². The lowest BCUT2D eigenvalue weighted by Gasteiger charge is -2.23. The van der Waals surface area contributed by atoms with E-state index in [-0.39, 0.29) is 36.6 Å². The van der Waals surface area contributed by atoms with Crippen LogP contribution in [0.4, 0.5) is 0 Å². The SMILES string of the molecule is CCCNC(=S)COc1c(Cl)cc(C2C=CC=C3C(=O)N4C(=C32)CC(=O)C4C(C)C)cc1Cl. The van der Waals surface area contributed by atoms with Crippen molar-refractivity contribution < 1.29 is 14.3 Å². The van der Waals surface area contributed by atoms with Gasteiger partial charge in [0.15, 0.2) is 11.5 Å². The second-order valence-corrected chi connectivity index (χ2v) is 10.1. The minimum absolute atomic E-state index is 0.0462. The second-order valence-electron chi connectivity index (χ2n) is 8.76. The van der Waals surface area contributed by atoms with Gasteiger partial charge < -0.3 is 15.0 Å². The summed E-state index contributed by atoms with van der Waals surface area (Å²) < 4.78 is 5.78. The van der Waals surface area contributed by atoms with Crippen LogP contribution in [0.2, 0.25) is 10.0 Å². The third kappa shape index (κ3) is 4.36. The first-order valence-electron chi connectivity index (χ1n) is 11.1. The lowest BCUT2D eigenvalue weighted by atomic mass is 9.82. The van der Waals surface area contributed by atoms with E-state index >= 15 is 0 Å². The number of carbonyl (C=O) groups excluding carboxylic acids is 2. The maximum atomic E-state index is 13.2. The average Bonchev–Trinajstić information content (AvgIpc) is 3.25. The van der Waals surface area contributed by atoms with E-state index in [1.54, 1.807) is 17.0 Å². The van der Waals surface area contributed by atoms with Crippen LogP contribution < -0.4 is 10.1 Å². The zero-order valence-corrected chi connectivity index (χ0v) is 21.1. The lowest BCUT2D eigenvalue weighted by Crippen LogP contribution is -2.39. The molecule has 1 aromatic rings. The molecule has 0 spiro atoms. The maximum absolute atomic E-state index is 13.2. The molecule has 1 aromatic carbocycles. The first-order valence-corrected chi connectivity index (χ1v) is 12.3. The molecule has 5 nitrogen and oxygen atoms in total. The van der Waals surface area contributed by atoms with Crippen LogP contribution in [-0.2, 0) is 9.59 Å². The number of rotatable bonds is 7. The predicted molar refractivity (Wildman–Crippen MR) is 135 cm³/mol. The lowest BCUT2D eigenvalue weighted by molar-refractivity contribution is -0.131. The monoisotopic (exact) mass is 504 g/mol. The van der Waals surface area contributed by atoms with Crippen LogP contribution in [0.25, 0.3) is 0 Å². The highest BCUT2D eigenvalue weighted by molar-refractivity contribution is 7.80. The Labute approximate surface area is 209 Å². The van der Waals surface area contributed by atoms with Crippen molar-refractivity contribution in [2.75, 3.05) is 13.2 Å². The fourth-order valence-electron chi connectivity index (χ4n) is 4.71. The van der Waals surface area contributed by atoms with Crippen LogP contribution in [0.3, 0.4) is 0 Å². The van der Waals surface area contributed by atoms with Gasteiger partial charge in [-0.3, -0.25) is 9.59 Å². The van der Waals surface area contributed by atoms with Gasteiger partial charge in [0.25, 0.3) is 5.91 Å². The van der Waals surface area contributed by atoms with Crippen molar-refractivity contribution in [2.24, 2.45) is 5.92 Å². The molecule has 2 heterocycles. The van der Waals surface area contributed by atoms with Crippen molar-refractivity contribution >= 4 is 52.1 Å². The van der Waals surface area contributed by atoms with Crippen molar-refractivity contribution in [2.45, 2.75) is 45.6 Å². The molecule has 1 N–H and O–H groups in total. The van der Waals surface area contributed by atoms with Gasteiger partial charge in [-0.1, -0.05) is 68.3 Å². The zero-order chi connectivity index (χ0) is 23.9. The molecular formula is C25H26Cl2N2O3S. The van der Waals surface area contributed by atoms with E-state index in [2.05, 4.69) is 12.2 Å². The fourth-order valence-corrected chi connectivity index (χ4v) is 5.48. The Hall–Kier alpha value is -2.15. The summed E-state index contributed by atoms with van der Waals surface area (Å²) in [4.78, 5) is 28.2. The number of fused-ring (bicyclic) bond motifs is 2. The first kappa shape index (κ1) is 24.0. The number of carbonyl (C=O) groups is 2. The third-order valence-corrected chi connectivity index (χ3v) is 6.92. The molecule has 1 amide bonds. The highest BCUT2D eigenvalue weighted by Crippen LogP contribution is 2.49. The van der Waals surface area contributed by atoms with E-state index in [0.717, 1.165) is 29.8 Å². The maximum Gasteiger partial charge on any atom is 0.259 e. The standard InChI is InChI=1S/C25H26Cl2N2O3S/c1-4-8-28-21(33)12-32-24-17(26)9-14(10-18(24)27)15-6-5-7-16-22(15)19-11-20(30)23(13(2)3)29(19)25(16)31/h5-7,9-10,13,15,23H,4,8,11-12H2,1-3H3,(H,28,33). The smallest absolute Gasteiger partial charge is 0.259 e. The number of benzene rings is 1. The Morgan fingerprint density at radius 2 is 1.97 bits per heavy atom. The molecule has 4 rings (SSSR count). The van der Waals surface area contributed by atoms with E-state index in [1.165, 1.54) is 0 Å². The van der Waals surface area contributed by atoms with Crippen molar-refractivity contribution in [1.29, 1.82) is 0 Å². The molecule has 0 bridgehead atoms. The quantitative estimate of drug-likeness (QED) is 0.505. The largest absolute Gasteiger partial charge is 0.483 e. The van der Waals surface area contributed by atoms with Gasteiger partial charge in [0, 0.05) is 30.2 Å². The topological polar surface area (TPSA) is 58.6 Å². The molecule has 8 heteroatoms. The highest BCUT2D eigenvalue weighted by Gasteiger charge is 2.50. The van der Waals surface area contributed by atoms with E-state index in [9.17, 15) is 9.59 Å². The van der Waals surface area contributed by atoms with Crippen LogP contribution in [0.1, 0.15) is 45.1 Å². The predicted octanol–water partition coefficient (Wildman–Crippen LogP) is 5.37. The number of nitrogens with one attached hydrogen (secondary N) is 1. The van der Waals surface area contributed by atoms with Gasteiger partial charge in [0.2, 0.25) is 0 Å². The molecule has 2 unspecified atom stereocenters. The van der Waals surface area contributed by atoms with Crippen molar-refractivity contribution in [3.63, 3.8) is 0 Å². The summed E-state index contributed by atoms with van der Waals surface area (Å²) in [6, 6.07) is 3.20. The Morgan fingerprint density at radius 3 is 2.61 bits per heavy atom. The number of amides is 1. The molecule has 1 saturated heterocycles. The molecule has 0 radical (unpaired) electrons. The Kier molecular flexibility index (Phi) is 6.99. The minimum atomic E-state index is -0.416.